The van der Waals surface area contributed by atoms with E-state index in [2.05, 4.69) is 9.73 Å². The van der Waals surface area contributed by atoms with Crippen LogP contribution in [0.25, 0.3) is 0 Å². The smallest absolute Gasteiger partial charge is 0.451 e. The molecule has 1 atom stereocenters. The number of aliphatic hydroxyl groups excluding tert-OH is 1. The van der Waals surface area contributed by atoms with Crippen molar-refractivity contribution in [1.29, 1.82) is 0 Å². The third kappa shape index (κ3) is 4.15. The van der Waals surface area contributed by atoms with Crippen molar-refractivity contribution < 1.29 is 36.7 Å². The van der Waals surface area contributed by atoms with E-state index in [1.54, 1.807) is 11.1 Å². The standard InChI is InChI=1S/C23H23F4N3O4/c1-12-9-15(19(34-12)23(25,26)27)28-20(32)17-18(31)16-7-8-22(2,3)30(16)29(21(17)33)11-13-5-4-6-14(24)10-13/h4-6,9-10,16,31H,7-8,11H2,1-3H3,(H,28,32)/t16-/m0/s1. The van der Waals surface area contributed by atoms with E-state index in [1.807, 2.05) is 13.8 Å². The number of halogens is 4. The molecule has 0 bridgehead atoms. The Morgan fingerprint density at radius 3 is 2.65 bits per heavy atom. The van der Waals surface area contributed by atoms with Crippen LogP contribution in [-0.4, -0.2) is 38.5 Å². The lowest BCUT2D eigenvalue weighted by Crippen LogP contribution is -2.60. The summed E-state index contributed by atoms with van der Waals surface area (Å²) in [4.78, 5) is 26.5. The molecule has 2 N–H and O–H groups in total. The molecule has 0 saturated carbocycles. The lowest BCUT2D eigenvalue weighted by atomic mass is 10.0. The van der Waals surface area contributed by atoms with Gasteiger partial charge in [0.25, 0.3) is 11.8 Å². The number of alkyl halides is 3. The number of amides is 2. The van der Waals surface area contributed by atoms with E-state index < -0.39 is 58.2 Å². The third-order valence-corrected chi connectivity index (χ3v) is 6.03. The minimum atomic E-state index is -4.88. The van der Waals surface area contributed by atoms with Gasteiger partial charge in [-0.1, -0.05) is 12.1 Å². The van der Waals surface area contributed by atoms with E-state index in [4.69, 9.17) is 0 Å². The van der Waals surface area contributed by atoms with Crippen molar-refractivity contribution in [3.8, 4) is 0 Å². The predicted molar refractivity (Wildman–Crippen MR) is 113 cm³/mol. The molecule has 2 aromatic rings. The number of hydrogen-bond donors (Lipinski definition) is 2. The van der Waals surface area contributed by atoms with Crippen LogP contribution in [0.4, 0.5) is 23.2 Å². The van der Waals surface area contributed by atoms with E-state index in [9.17, 15) is 32.3 Å². The van der Waals surface area contributed by atoms with Crippen LogP contribution in [0.1, 0.15) is 43.8 Å². The van der Waals surface area contributed by atoms with Crippen LogP contribution in [0.3, 0.4) is 0 Å². The molecule has 2 aliphatic heterocycles. The first-order chi connectivity index (χ1) is 15.8. The Morgan fingerprint density at radius 1 is 1.29 bits per heavy atom. The lowest BCUT2D eigenvalue weighted by Gasteiger charge is -2.46. The molecule has 34 heavy (non-hydrogen) atoms. The normalized spacial score (nSPS) is 20.6. The van der Waals surface area contributed by atoms with Crippen LogP contribution in [0, 0.1) is 12.7 Å². The number of hydrogen-bond acceptors (Lipinski definition) is 5. The number of fused-ring (bicyclic) bond motifs is 1. The number of carbonyl (C=O) groups is 2. The van der Waals surface area contributed by atoms with Crippen molar-refractivity contribution in [2.75, 3.05) is 5.32 Å². The molecule has 0 spiro atoms. The molecular weight excluding hydrogens is 458 g/mol. The summed E-state index contributed by atoms with van der Waals surface area (Å²) in [5.74, 6) is -4.63. The third-order valence-electron chi connectivity index (χ3n) is 6.03. The molecule has 1 fully saturated rings. The molecule has 1 aromatic carbocycles. The zero-order chi connectivity index (χ0) is 25.0. The molecule has 11 heteroatoms. The van der Waals surface area contributed by atoms with Crippen molar-refractivity contribution >= 4 is 17.5 Å². The molecule has 1 aromatic heterocycles. The second-order valence-corrected chi connectivity index (χ2v) is 9.02. The van der Waals surface area contributed by atoms with Gasteiger partial charge < -0.3 is 14.8 Å². The van der Waals surface area contributed by atoms with Gasteiger partial charge in [-0.2, -0.15) is 13.2 Å². The maximum absolute atomic E-state index is 13.8. The number of hydrazine groups is 1. The van der Waals surface area contributed by atoms with E-state index in [1.165, 1.54) is 30.1 Å². The van der Waals surface area contributed by atoms with Crippen molar-refractivity contribution in [2.45, 2.75) is 57.9 Å². The van der Waals surface area contributed by atoms with Gasteiger partial charge in [0, 0.05) is 11.6 Å². The van der Waals surface area contributed by atoms with E-state index in [-0.39, 0.29) is 12.3 Å². The van der Waals surface area contributed by atoms with Crippen molar-refractivity contribution in [3.63, 3.8) is 0 Å². The number of rotatable bonds is 4. The molecular formula is C23H23F4N3O4. The van der Waals surface area contributed by atoms with Gasteiger partial charge in [-0.3, -0.25) is 14.6 Å². The fraction of sp³-hybridized carbons (Fsp3) is 0.391. The highest BCUT2D eigenvalue weighted by Crippen LogP contribution is 2.43. The molecule has 7 nitrogen and oxygen atoms in total. The Balaban J connectivity index is 1.72. The fourth-order valence-electron chi connectivity index (χ4n) is 4.57. The highest BCUT2D eigenvalue weighted by Gasteiger charge is 2.52. The number of furan rings is 1. The molecule has 1 saturated heterocycles. The number of benzene rings is 1. The van der Waals surface area contributed by atoms with E-state index >= 15 is 0 Å². The Kier molecular flexibility index (Phi) is 5.71. The second kappa shape index (κ2) is 8.15. The van der Waals surface area contributed by atoms with Crippen molar-refractivity contribution in [3.05, 3.63) is 64.6 Å². The Morgan fingerprint density at radius 2 is 2.00 bits per heavy atom. The summed E-state index contributed by atoms with van der Waals surface area (Å²) in [5, 5.41) is 15.8. The zero-order valence-electron chi connectivity index (χ0n) is 18.7. The molecule has 182 valence electrons. The highest BCUT2D eigenvalue weighted by atomic mass is 19.4. The predicted octanol–water partition coefficient (Wildman–Crippen LogP) is 4.70. The van der Waals surface area contributed by atoms with Gasteiger partial charge in [0.1, 0.15) is 22.9 Å². The number of carbonyl (C=O) groups excluding carboxylic acids is 2. The number of aliphatic hydroxyl groups is 1. The van der Waals surface area contributed by atoms with Crippen LogP contribution in [0.15, 0.2) is 46.1 Å². The summed E-state index contributed by atoms with van der Waals surface area (Å²) in [6.07, 6.45) is -3.90. The number of aryl methyl sites for hydroxylation is 1. The summed E-state index contributed by atoms with van der Waals surface area (Å²) < 4.78 is 58.3. The van der Waals surface area contributed by atoms with Crippen molar-refractivity contribution in [2.24, 2.45) is 0 Å². The Labute approximate surface area is 192 Å². The summed E-state index contributed by atoms with van der Waals surface area (Å²) in [6.45, 7) is 4.91. The van der Waals surface area contributed by atoms with Crippen LogP contribution in [-0.2, 0) is 22.3 Å². The van der Waals surface area contributed by atoms with Crippen molar-refractivity contribution in [1.82, 2.24) is 10.0 Å². The van der Waals surface area contributed by atoms with Gasteiger partial charge in [0.2, 0.25) is 5.76 Å². The van der Waals surface area contributed by atoms with Gasteiger partial charge in [-0.25, -0.2) is 9.40 Å². The SMILES string of the molecule is Cc1cc(NC(=O)C2=C(O)[C@@H]3CCC(C)(C)N3N(Cc3cccc(F)c3)C2=O)c(C(F)(F)F)o1. The first-order valence-electron chi connectivity index (χ1n) is 10.6. The second-order valence-electron chi connectivity index (χ2n) is 9.02. The van der Waals surface area contributed by atoms with E-state index in [0.717, 1.165) is 6.07 Å². The molecule has 2 aliphatic rings. The van der Waals surface area contributed by atoms with Gasteiger partial charge in [0.15, 0.2) is 0 Å². The van der Waals surface area contributed by atoms with Crippen LogP contribution in [0.2, 0.25) is 0 Å². The molecule has 3 heterocycles. The number of nitrogens with one attached hydrogen (secondary N) is 1. The maximum Gasteiger partial charge on any atom is 0.451 e. The van der Waals surface area contributed by atoms with Crippen LogP contribution in [0.5, 0.6) is 0 Å². The summed E-state index contributed by atoms with van der Waals surface area (Å²) in [5.41, 5.74) is -1.45. The fourth-order valence-corrected chi connectivity index (χ4v) is 4.57. The summed E-state index contributed by atoms with van der Waals surface area (Å²) in [7, 11) is 0. The monoisotopic (exact) mass is 481 g/mol. The number of anilines is 1. The molecule has 4 rings (SSSR count). The van der Waals surface area contributed by atoms with Crippen LogP contribution >= 0.6 is 0 Å². The largest absolute Gasteiger partial charge is 0.510 e. The highest BCUT2D eigenvalue weighted by molar-refractivity contribution is 6.23. The first-order valence-corrected chi connectivity index (χ1v) is 10.6. The summed E-state index contributed by atoms with van der Waals surface area (Å²) >= 11 is 0. The van der Waals surface area contributed by atoms with Gasteiger partial charge in [-0.15, -0.1) is 0 Å². The van der Waals surface area contributed by atoms with E-state index in [0.29, 0.717) is 18.4 Å². The average molecular weight is 481 g/mol. The quantitative estimate of drug-likeness (QED) is 0.489. The minimum Gasteiger partial charge on any atom is -0.510 e. The zero-order valence-corrected chi connectivity index (χ0v) is 18.7. The lowest BCUT2D eigenvalue weighted by molar-refractivity contribution is -0.165. The Bertz CT molecular complexity index is 1190. The molecule has 0 aliphatic carbocycles. The molecule has 2 amide bonds. The van der Waals surface area contributed by atoms with Gasteiger partial charge in [-0.05, 0) is 51.3 Å². The van der Waals surface area contributed by atoms with Gasteiger partial charge in [0.05, 0.1) is 18.3 Å². The number of nitrogens with zero attached hydrogens (tertiary/aromatic N) is 2. The first kappa shape index (κ1) is 23.8. The Hall–Kier alpha value is -3.34. The van der Waals surface area contributed by atoms with Crippen LogP contribution < -0.4 is 5.32 Å². The summed E-state index contributed by atoms with van der Waals surface area (Å²) in [6, 6.07) is 5.83. The maximum atomic E-state index is 13.8. The molecule has 0 radical (unpaired) electrons. The average Bonchev–Trinajstić information content (AvgIpc) is 3.24. The van der Waals surface area contributed by atoms with Gasteiger partial charge >= 0.3 is 6.18 Å². The topological polar surface area (TPSA) is 86.0 Å². The molecule has 0 unspecified atom stereocenters. The minimum absolute atomic E-state index is 0.0905.